The van der Waals surface area contributed by atoms with Gasteiger partial charge in [-0.05, 0) is 107 Å². The molecule has 0 radical (unpaired) electrons. The number of amides is 1. The van der Waals surface area contributed by atoms with E-state index in [1.54, 1.807) is 36.4 Å². The Bertz CT molecular complexity index is 1850. The highest BCUT2D eigenvalue weighted by Gasteiger charge is 2.38. The number of carbonyl (C=O) groups is 2. The average Bonchev–Trinajstić information content (AvgIpc) is 3.39. The summed E-state index contributed by atoms with van der Waals surface area (Å²) in [6.07, 6.45) is 0.513. The van der Waals surface area contributed by atoms with Gasteiger partial charge in [0.2, 0.25) is 0 Å². The number of rotatable bonds is 10. The van der Waals surface area contributed by atoms with Crippen molar-refractivity contribution in [1.82, 2.24) is 4.57 Å². The Morgan fingerprint density at radius 1 is 0.980 bits per heavy atom. The quantitative estimate of drug-likeness (QED) is 0.168. The van der Waals surface area contributed by atoms with Crippen molar-refractivity contribution in [3.63, 3.8) is 0 Å². The predicted octanol–water partition coefficient (Wildman–Crippen LogP) is 9.24. The van der Waals surface area contributed by atoms with Crippen LogP contribution in [0.15, 0.2) is 78.9 Å². The van der Waals surface area contributed by atoms with Crippen LogP contribution in [0.2, 0.25) is 0 Å². The summed E-state index contributed by atoms with van der Waals surface area (Å²) in [5.41, 5.74) is 4.94. The molecule has 0 saturated carbocycles. The lowest BCUT2D eigenvalue weighted by Crippen LogP contribution is -2.46. The minimum Gasteiger partial charge on any atom is -0.460 e. The van der Waals surface area contributed by atoms with Crippen LogP contribution >= 0.6 is 0 Å². The van der Waals surface area contributed by atoms with Gasteiger partial charge in [-0.25, -0.2) is 4.39 Å². The first-order chi connectivity index (χ1) is 23.6. The van der Waals surface area contributed by atoms with Crippen molar-refractivity contribution in [2.75, 3.05) is 5.32 Å². The van der Waals surface area contributed by atoms with Crippen LogP contribution in [0.4, 0.5) is 10.1 Å². The minimum atomic E-state index is -0.922. The van der Waals surface area contributed by atoms with E-state index in [1.807, 2.05) is 65.0 Å². The largest absolute Gasteiger partial charge is 0.460 e. The number of ether oxygens (including phenoxy) is 3. The van der Waals surface area contributed by atoms with Crippen LogP contribution in [0.3, 0.4) is 0 Å². The molecule has 3 aromatic carbocycles. The number of nitrogens with one attached hydrogen (secondary N) is 1. The topological polar surface area (TPSA) is 103 Å². The van der Waals surface area contributed by atoms with E-state index in [9.17, 15) is 19.2 Å². The Balaban J connectivity index is 1.59. The highest BCUT2D eigenvalue weighted by Crippen LogP contribution is 2.43. The normalized spacial score (nSPS) is 17.3. The first kappa shape index (κ1) is 36.5. The van der Waals surface area contributed by atoms with Crippen molar-refractivity contribution in [1.29, 1.82) is 5.26 Å². The lowest BCUT2D eigenvalue weighted by Gasteiger charge is -2.41. The summed E-state index contributed by atoms with van der Waals surface area (Å²) >= 11 is 0. The molecule has 1 aliphatic heterocycles. The second-order valence-electron chi connectivity index (χ2n) is 14.5. The van der Waals surface area contributed by atoms with Crippen molar-refractivity contribution >= 4 is 17.6 Å². The van der Waals surface area contributed by atoms with Crippen molar-refractivity contribution in [2.24, 2.45) is 0 Å². The Kier molecular flexibility index (Phi) is 10.9. The monoisotopic (exact) mass is 679 g/mol. The molecule has 2 atom stereocenters. The van der Waals surface area contributed by atoms with E-state index < -0.39 is 17.5 Å². The number of aromatic nitrogens is 1. The summed E-state index contributed by atoms with van der Waals surface area (Å²) in [7, 11) is 0. The molecule has 2 heterocycles. The van der Waals surface area contributed by atoms with E-state index in [1.165, 1.54) is 12.1 Å². The zero-order valence-corrected chi connectivity index (χ0v) is 29.9. The van der Waals surface area contributed by atoms with Crippen LogP contribution < -0.4 is 5.32 Å². The van der Waals surface area contributed by atoms with Crippen LogP contribution in [0, 0.1) is 17.1 Å². The van der Waals surface area contributed by atoms with E-state index in [4.69, 9.17) is 14.2 Å². The number of esters is 1. The van der Waals surface area contributed by atoms with Gasteiger partial charge in [0.05, 0.1) is 41.5 Å². The van der Waals surface area contributed by atoms with Gasteiger partial charge in [-0.3, -0.25) is 9.59 Å². The zero-order chi connectivity index (χ0) is 36.2. The number of nitriles is 1. The van der Waals surface area contributed by atoms with E-state index >= 15 is 0 Å². The van der Waals surface area contributed by atoms with Crippen molar-refractivity contribution in [3.8, 4) is 28.5 Å². The second kappa shape index (κ2) is 15.0. The summed E-state index contributed by atoms with van der Waals surface area (Å²) in [5.74, 6) is -1.98. The van der Waals surface area contributed by atoms with E-state index in [2.05, 4.69) is 29.8 Å². The number of benzene rings is 3. The van der Waals surface area contributed by atoms with Gasteiger partial charge in [-0.1, -0.05) is 44.2 Å². The van der Waals surface area contributed by atoms with E-state index in [0.29, 0.717) is 36.2 Å². The minimum absolute atomic E-state index is 0.0830. The number of carbonyl (C=O) groups excluding carboxylic acids is 2. The molecule has 0 bridgehead atoms. The fraction of sp³-hybridized carbons (Fsp3) is 0.390. The van der Waals surface area contributed by atoms with Gasteiger partial charge in [-0.2, -0.15) is 5.26 Å². The molecule has 1 N–H and O–H groups in total. The zero-order valence-electron chi connectivity index (χ0n) is 29.9. The molecule has 4 aromatic rings. The Labute approximate surface area is 294 Å². The molecule has 1 aromatic heterocycles. The second-order valence-corrected chi connectivity index (χ2v) is 14.5. The lowest BCUT2D eigenvalue weighted by molar-refractivity contribution is -0.301. The van der Waals surface area contributed by atoms with Crippen LogP contribution in [-0.2, 0) is 25.5 Å². The maximum absolute atomic E-state index is 14.4. The molecule has 262 valence electrons. The molecule has 8 nitrogen and oxygen atoms in total. The van der Waals surface area contributed by atoms with Crippen LogP contribution in [0.25, 0.3) is 22.4 Å². The summed E-state index contributed by atoms with van der Waals surface area (Å²) in [5, 5.41) is 12.3. The number of hydrogen-bond acceptors (Lipinski definition) is 6. The maximum Gasteiger partial charge on any atom is 0.308 e. The third kappa shape index (κ3) is 8.87. The van der Waals surface area contributed by atoms with Gasteiger partial charge in [-0.15, -0.1) is 0 Å². The van der Waals surface area contributed by atoms with Gasteiger partial charge in [0.15, 0.2) is 5.79 Å². The third-order valence-corrected chi connectivity index (χ3v) is 8.45. The van der Waals surface area contributed by atoms with Gasteiger partial charge in [0.25, 0.3) is 5.91 Å². The molecule has 1 saturated heterocycles. The lowest BCUT2D eigenvalue weighted by atomic mass is 9.94. The summed E-state index contributed by atoms with van der Waals surface area (Å²) in [6, 6.07) is 24.9. The highest BCUT2D eigenvalue weighted by molar-refractivity contribution is 6.12. The molecule has 0 aliphatic carbocycles. The number of anilines is 1. The molecular formula is C41H46FN3O5. The number of halogens is 1. The van der Waals surface area contributed by atoms with Gasteiger partial charge >= 0.3 is 5.97 Å². The summed E-state index contributed by atoms with van der Waals surface area (Å²) in [4.78, 5) is 27.2. The molecule has 1 aliphatic rings. The Hall–Kier alpha value is -4.78. The molecular weight excluding hydrogens is 633 g/mol. The molecule has 9 heteroatoms. The molecule has 1 amide bonds. The standard InChI is InChI=1S/C41H46FN3O5/c1-26(2)37-36(39(47)44-31-19-13-27(25-43)14-20-31)35(28-11-9-8-10-12-28)38(29-15-17-30(42)18-16-29)45(37)22-21-32-23-33(49-41(6,7)48-32)24-34(46)50-40(3,4)5/h8-20,26,32-33H,21-24H2,1-7H3,(H,44,47)/t32-,33-/m1/s1. The van der Waals surface area contributed by atoms with Gasteiger partial charge in [0.1, 0.15) is 11.4 Å². The first-order valence-corrected chi connectivity index (χ1v) is 17.1. The van der Waals surface area contributed by atoms with Crippen molar-refractivity contribution < 1.29 is 28.2 Å². The Morgan fingerprint density at radius 3 is 2.22 bits per heavy atom. The molecule has 1 fully saturated rings. The smallest absolute Gasteiger partial charge is 0.308 e. The van der Waals surface area contributed by atoms with Crippen molar-refractivity contribution in [3.05, 3.63) is 102 Å². The highest BCUT2D eigenvalue weighted by atomic mass is 19.1. The van der Waals surface area contributed by atoms with Crippen LogP contribution in [0.5, 0.6) is 0 Å². The van der Waals surface area contributed by atoms with Gasteiger partial charge < -0.3 is 24.1 Å². The van der Waals surface area contributed by atoms with Crippen LogP contribution in [-0.4, -0.2) is 40.0 Å². The molecule has 5 rings (SSSR count). The molecule has 0 spiro atoms. The first-order valence-electron chi connectivity index (χ1n) is 17.1. The number of nitrogens with zero attached hydrogens (tertiary/aromatic N) is 2. The molecule has 50 heavy (non-hydrogen) atoms. The SMILES string of the molecule is CC(C)c1c(C(=O)Nc2ccc(C#N)cc2)c(-c2ccccc2)c(-c2ccc(F)cc2)n1CC[C@@H]1C[C@H](CC(=O)OC(C)(C)C)OC(C)(C)O1. The fourth-order valence-corrected chi connectivity index (χ4v) is 6.68. The molecule has 0 unspecified atom stereocenters. The summed E-state index contributed by atoms with van der Waals surface area (Å²) < 4.78 is 34.6. The Morgan fingerprint density at radius 2 is 1.62 bits per heavy atom. The van der Waals surface area contributed by atoms with E-state index in [0.717, 1.165) is 28.1 Å². The third-order valence-electron chi connectivity index (χ3n) is 8.45. The van der Waals surface area contributed by atoms with Gasteiger partial charge in [0, 0.05) is 29.9 Å². The summed E-state index contributed by atoms with van der Waals surface area (Å²) in [6.45, 7) is 13.8. The fourth-order valence-electron chi connectivity index (χ4n) is 6.68. The van der Waals surface area contributed by atoms with Crippen molar-refractivity contribution in [2.45, 2.75) is 104 Å². The predicted molar refractivity (Wildman–Crippen MR) is 192 cm³/mol. The van der Waals surface area contributed by atoms with Crippen LogP contribution in [0.1, 0.15) is 95.3 Å². The van der Waals surface area contributed by atoms with E-state index in [-0.39, 0.29) is 36.1 Å². The number of hydrogen-bond donors (Lipinski definition) is 1. The average molecular weight is 680 g/mol. The maximum atomic E-state index is 14.4.